The SMILES string of the molecule is CC(C)[C@@H](NCC(=O)N1CCN(c2ncccn2)CC1)c1ccc(C2CCCCC2)cc1. The van der Waals surface area contributed by atoms with Crippen molar-refractivity contribution in [2.75, 3.05) is 37.6 Å². The first-order chi connectivity index (χ1) is 15.6. The van der Waals surface area contributed by atoms with Crippen LogP contribution < -0.4 is 10.2 Å². The minimum absolute atomic E-state index is 0.170. The average Bonchev–Trinajstić information content (AvgIpc) is 2.85. The maximum Gasteiger partial charge on any atom is 0.236 e. The van der Waals surface area contributed by atoms with Gasteiger partial charge in [-0.2, -0.15) is 0 Å². The van der Waals surface area contributed by atoms with Gasteiger partial charge in [0, 0.05) is 44.6 Å². The summed E-state index contributed by atoms with van der Waals surface area (Å²) >= 11 is 0. The molecular formula is C26H37N5O. The Hall–Kier alpha value is -2.47. The van der Waals surface area contributed by atoms with Crippen molar-refractivity contribution in [3.8, 4) is 0 Å². The van der Waals surface area contributed by atoms with E-state index in [1.165, 1.54) is 43.2 Å². The zero-order valence-electron chi connectivity index (χ0n) is 19.5. The van der Waals surface area contributed by atoms with Crippen LogP contribution in [0, 0.1) is 5.92 Å². The molecule has 1 atom stereocenters. The van der Waals surface area contributed by atoms with E-state index < -0.39 is 0 Å². The Labute approximate surface area is 192 Å². The van der Waals surface area contributed by atoms with Crippen LogP contribution in [0.3, 0.4) is 0 Å². The minimum Gasteiger partial charge on any atom is -0.338 e. The molecule has 2 aliphatic rings. The van der Waals surface area contributed by atoms with Crippen molar-refractivity contribution in [2.45, 2.75) is 57.9 Å². The van der Waals surface area contributed by atoms with Gasteiger partial charge in [0.1, 0.15) is 0 Å². The van der Waals surface area contributed by atoms with E-state index in [2.05, 4.69) is 58.3 Å². The molecule has 172 valence electrons. The third-order valence-corrected chi connectivity index (χ3v) is 6.98. The van der Waals surface area contributed by atoms with Crippen LogP contribution in [0.4, 0.5) is 5.95 Å². The molecule has 2 fully saturated rings. The molecular weight excluding hydrogens is 398 g/mol. The average molecular weight is 436 g/mol. The Balaban J connectivity index is 1.29. The van der Waals surface area contributed by atoms with Gasteiger partial charge in [-0.3, -0.25) is 4.79 Å². The zero-order valence-corrected chi connectivity index (χ0v) is 19.5. The maximum absolute atomic E-state index is 12.9. The molecule has 0 radical (unpaired) electrons. The minimum atomic E-state index is 0.170. The number of hydrogen-bond donors (Lipinski definition) is 1. The van der Waals surface area contributed by atoms with Crippen LogP contribution >= 0.6 is 0 Å². The number of nitrogens with one attached hydrogen (secondary N) is 1. The fourth-order valence-electron chi connectivity index (χ4n) is 5.07. The molecule has 1 amide bonds. The molecule has 0 unspecified atom stereocenters. The largest absolute Gasteiger partial charge is 0.338 e. The van der Waals surface area contributed by atoms with Crippen molar-refractivity contribution in [1.29, 1.82) is 0 Å². The molecule has 1 N–H and O–H groups in total. The summed E-state index contributed by atoms with van der Waals surface area (Å²) in [5.41, 5.74) is 2.76. The second-order valence-electron chi connectivity index (χ2n) is 9.52. The van der Waals surface area contributed by atoms with Crippen LogP contribution in [-0.2, 0) is 4.79 Å². The fraction of sp³-hybridized carbons (Fsp3) is 0.577. The summed E-state index contributed by atoms with van der Waals surface area (Å²) in [6, 6.07) is 11.2. The number of carbonyl (C=O) groups is 1. The topological polar surface area (TPSA) is 61.4 Å². The molecule has 4 rings (SSSR count). The van der Waals surface area contributed by atoms with Gasteiger partial charge < -0.3 is 15.1 Å². The van der Waals surface area contributed by atoms with Crippen molar-refractivity contribution in [3.05, 3.63) is 53.9 Å². The Kier molecular flexibility index (Phi) is 7.74. The summed E-state index contributed by atoms with van der Waals surface area (Å²) in [7, 11) is 0. The van der Waals surface area contributed by atoms with E-state index >= 15 is 0 Å². The Bertz CT molecular complexity index is 840. The number of anilines is 1. The quantitative estimate of drug-likeness (QED) is 0.708. The summed E-state index contributed by atoms with van der Waals surface area (Å²) in [6.45, 7) is 7.76. The van der Waals surface area contributed by atoms with Crippen LogP contribution in [0.5, 0.6) is 0 Å². The number of nitrogens with zero attached hydrogens (tertiary/aromatic N) is 4. The zero-order chi connectivity index (χ0) is 22.3. The number of rotatable bonds is 7. The first kappa shape index (κ1) is 22.7. The molecule has 2 heterocycles. The van der Waals surface area contributed by atoms with E-state index in [9.17, 15) is 4.79 Å². The van der Waals surface area contributed by atoms with E-state index in [-0.39, 0.29) is 11.9 Å². The van der Waals surface area contributed by atoms with E-state index in [0.717, 1.165) is 25.0 Å². The number of carbonyl (C=O) groups excluding carboxylic acids is 1. The monoisotopic (exact) mass is 435 g/mol. The fourth-order valence-corrected chi connectivity index (χ4v) is 5.07. The Morgan fingerprint density at radius 2 is 1.66 bits per heavy atom. The molecule has 2 aromatic rings. The van der Waals surface area contributed by atoms with Gasteiger partial charge in [0.15, 0.2) is 0 Å². The van der Waals surface area contributed by atoms with E-state index in [1.54, 1.807) is 12.4 Å². The maximum atomic E-state index is 12.9. The number of hydrogen-bond acceptors (Lipinski definition) is 5. The normalized spacial score (nSPS) is 18.7. The van der Waals surface area contributed by atoms with E-state index in [1.807, 2.05) is 11.0 Å². The number of piperazine rings is 1. The van der Waals surface area contributed by atoms with Gasteiger partial charge >= 0.3 is 0 Å². The van der Waals surface area contributed by atoms with E-state index in [4.69, 9.17) is 0 Å². The highest BCUT2D eigenvalue weighted by atomic mass is 16.2. The molecule has 6 nitrogen and oxygen atoms in total. The highest BCUT2D eigenvalue weighted by Gasteiger charge is 2.24. The smallest absolute Gasteiger partial charge is 0.236 e. The van der Waals surface area contributed by atoms with Crippen molar-refractivity contribution < 1.29 is 4.79 Å². The third kappa shape index (κ3) is 5.66. The molecule has 1 aliphatic heterocycles. The first-order valence-electron chi connectivity index (χ1n) is 12.2. The van der Waals surface area contributed by atoms with Gasteiger partial charge in [-0.25, -0.2) is 9.97 Å². The van der Waals surface area contributed by atoms with Crippen LogP contribution in [0.2, 0.25) is 0 Å². The van der Waals surface area contributed by atoms with Crippen molar-refractivity contribution in [1.82, 2.24) is 20.2 Å². The lowest BCUT2D eigenvalue weighted by atomic mass is 9.83. The Morgan fingerprint density at radius 1 is 1.00 bits per heavy atom. The summed E-state index contributed by atoms with van der Waals surface area (Å²) in [6.07, 6.45) is 10.3. The Morgan fingerprint density at radius 3 is 2.28 bits per heavy atom. The van der Waals surface area contributed by atoms with Crippen molar-refractivity contribution in [3.63, 3.8) is 0 Å². The second-order valence-corrected chi connectivity index (χ2v) is 9.52. The summed E-state index contributed by atoms with van der Waals surface area (Å²) in [5.74, 6) is 2.05. The standard InChI is InChI=1S/C26H37N5O/c1-20(2)25(23-11-9-22(10-12-23)21-7-4-3-5-8-21)29-19-24(32)30-15-17-31(18-16-30)26-27-13-6-14-28-26/h6,9-14,20-21,25,29H,3-5,7-8,15-19H2,1-2H3/t25-/m1/s1. The van der Waals surface area contributed by atoms with Crippen LogP contribution in [0.25, 0.3) is 0 Å². The van der Waals surface area contributed by atoms with Crippen molar-refractivity contribution >= 4 is 11.9 Å². The number of aromatic nitrogens is 2. The molecule has 1 aromatic carbocycles. The number of amides is 1. The number of benzene rings is 1. The lowest BCUT2D eigenvalue weighted by Crippen LogP contribution is -2.51. The molecule has 0 bridgehead atoms. The summed E-state index contributed by atoms with van der Waals surface area (Å²) in [5, 5.41) is 3.54. The predicted octanol–water partition coefficient (Wildman–Crippen LogP) is 4.16. The second kappa shape index (κ2) is 10.9. The molecule has 1 saturated carbocycles. The lowest BCUT2D eigenvalue weighted by molar-refractivity contribution is -0.130. The van der Waals surface area contributed by atoms with Gasteiger partial charge in [-0.15, -0.1) is 0 Å². The van der Waals surface area contributed by atoms with Crippen LogP contribution in [0.15, 0.2) is 42.7 Å². The molecule has 1 saturated heterocycles. The predicted molar refractivity (Wildman–Crippen MR) is 129 cm³/mol. The van der Waals surface area contributed by atoms with Crippen LogP contribution in [0.1, 0.15) is 69.0 Å². The first-order valence-corrected chi connectivity index (χ1v) is 12.2. The van der Waals surface area contributed by atoms with Gasteiger partial charge in [0.25, 0.3) is 0 Å². The molecule has 6 heteroatoms. The van der Waals surface area contributed by atoms with Gasteiger partial charge in [0.05, 0.1) is 6.54 Å². The molecule has 0 spiro atoms. The van der Waals surface area contributed by atoms with E-state index in [0.29, 0.717) is 25.6 Å². The molecule has 32 heavy (non-hydrogen) atoms. The highest BCUT2D eigenvalue weighted by Crippen LogP contribution is 2.33. The highest BCUT2D eigenvalue weighted by molar-refractivity contribution is 5.78. The van der Waals surface area contributed by atoms with Gasteiger partial charge in [-0.1, -0.05) is 57.4 Å². The summed E-state index contributed by atoms with van der Waals surface area (Å²) in [4.78, 5) is 25.6. The van der Waals surface area contributed by atoms with Gasteiger partial charge in [0.2, 0.25) is 11.9 Å². The lowest BCUT2D eigenvalue weighted by Gasteiger charge is -2.35. The van der Waals surface area contributed by atoms with Crippen molar-refractivity contribution in [2.24, 2.45) is 5.92 Å². The third-order valence-electron chi connectivity index (χ3n) is 6.98. The summed E-state index contributed by atoms with van der Waals surface area (Å²) < 4.78 is 0. The van der Waals surface area contributed by atoms with Crippen LogP contribution in [-0.4, -0.2) is 53.5 Å². The van der Waals surface area contributed by atoms with Gasteiger partial charge in [-0.05, 0) is 41.9 Å². The molecule has 1 aromatic heterocycles. The molecule has 1 aliphatic carbocycles.